The fourth-order valence-corrected chi connectivity index (χ4v) is 2.71. The maximum atomic E-state index is 5.91. The van der Waals surface area contributed by atoms with Gasteiger partial charge in [-0.25, -0.2) is 0 Å². The van der Waals surface area contributed by atoms with Crippen molar-refractivity contribution < 1.29 is 0 Å². The molecule has 15 heavy (non-hydrogen) atoms. The zero-order chi connectivity index (χ0) is 10.7. The van der Waals surface area contributed by atoms with E-state index in [0.29, 0.717) is 12.0 Å². The smallest absolute Gasteiger partial charge is 0.0406 e. The molecular weight excluding hydrogens is 206 g/mol. The Morgan fingerprint density at radius 1 is 1.13 bits per heavy atom. The topological polar surface area (TPSA) is 12.0 Å². The minimum absolute atomic E-state index is 0.639. The third kappa shape index (κ3) is 2.53. The Balaban J connectivity index is 2.16. The molecule has 82 valence electrons. The highest BCUT2D eigenvalue weighted by molar-refractivity contribution is 6.30. The highest BCUT2D eigenvalue weighted by Gasteiger charge is 2.24. The van der Waals surface area contributed by atoms with Crippen LogP contribution in [0.4, 0.5) is 0 Å². The number of rotatable bonds is 2. The number of hydrogen-bond donors (Lipinski definition) is 1. The summed E-state index contributed by atoms with van der Waals surface area (Å²) in [5.41, 5.74) is 1.43. The molecule has 0 amide bonds. The van der Waals surface area contributed by atoms with Crippen molar-refractivity contribution in [1.29, 1.82) is 0 Å². The molecule has 1 N–H and O–H groups in total. The van der Waals surface area contributed by atoms with E-state index in [-0.39, 0.29) is 0 Å². The van der Waals surface area contributed by atoms with Gasteiger partial charge in [-0.2, -0.15) is 0 Å². The molecule has 2 atom stereocenters. The quantitative estimate of drug-likeness (QED) is 0.808. The van der Waals surface area contributed by atoms with Crippen LogP contribution in [-0.2, 0) is 0 Å². The molecule has 0 aliphatic heterocycles. The molecule has 1 nitrogen and oxygen atoms in total. The van der Waals surface area contributed by atoms with Crippen LogP contribution in [0.1, 0.15) is 37.2 Å². The molecule has 0 radical (unpaired) electrons. The van der Waals surface area contributed by atoms with E-state index in [1.165, 1.54) is 31.2 Å². The molecule has 2 heteroatoms. The van der Waals surface area contributed by atoms with Gasteiger partial charge in [-0.3, -0.25) is 0 Å². The lowest BCUT2D eigenvalue weighted by atomic mass is 9.80. The van der Waals surface area contributed by atoms with Crippen LogP contribution in [-0.4, -0.2) is 13.1 Å². The Morgan fingerprint density at radius 2 is 1.80 bits per heavy atom. The zero-order valence-electron chi connectivity index (χ0n) is 9.17. The largest absolute Gasteiger partial charge is 0.316 e. The van der Waals surface area contributed by atoms with Crippen LogP contribution >= 0.6 is 11.6 Å². The second-order valence-corrected chi connectivity index (χ2v) is 4.77. The van der Waals surface area contributed by atoms with Crippen LogP contribution in [0.25, 0.3) is 0 Å². The van der Waals surface area contributed by atoms with Gasteiger partial charge < -0.3 is 5.32 Å². The zero-order valence-corrected chi connectivity index (χ0v) is 9.93. The van der Waals surface area contributed by atoms with Gasteiger partial charge in [0.25, 0.3) is 0 Å². The van der Waals surface area contributed by atoms with Crippen LogP contribution in [0.5, 0.6) is 0 Å². The maximum Gasteiger partial charge on any atom is 0.0406 e. The normalized spacial score (nSPS) is 26.5. The summed E-state index contributed by atoms with van der Waals surface area (Å²) in [5, 5.41) is 4.26. The summed E-state index contributed by atoms with van der Waals surface area (Å²) in [6, 6.07) is 8.97. The summed E-state index contributed by atoms with van der Waals surface area (Å²) in [5.74, 6) is 0.668. The number of nitrogens with one attached hydrogen (secondary N) is 1. The van der Waals surface area contributed by atoms with E-state index in [1.54, 1.807) is 0 Å². The van der Waals surface area contributed by atoms with Crippen LogP contribution in [0.3, 0.4) is 0 Å². The van der Waals surface area contributed by atoms with Gasteiger partial charge in [0, 0.05) is 11.1 Å². The Morgan fingerprint density at radius 3 is 2.47 bits per heavy atom. The van der Waals surface area contributed by atoms with E-state index in [0.717, 1.165) is 5.02 Å². The Bertz CT molecular complexity index is 307. The fourth-order valence-electron chi connectivity index (χ4n) is 2.59. The molecule has 0 aromatic heterocycles. The summed E-state index contributed by atoms with van der Waals surface area (Å²) >= 11 is 5.91. The lowest BCUT2D eigenvalue weighted by Crippen LogP contribution is -2.34. The molecule has 1 fully saturated rings. The van der Waals surface area contributed by atoms with Crippen molar-refractivity contribution in [2.45, 2.75) is 37.6 Å². The van der Waals surface area contributed by atoms with Gasteiger partial charge in [0.2, 0.25) is 0 Å². The number of benzene rings is 1. The standard InChI is InChI=1S/C13H18ClN/c1-15-13-5-3-2-4-12(13)10-6-8-11(14)9-7-10/h6-9,12-13,15H,2-5H2,1H3. The van der Waals surface area contributed by atoms with Crippen molar-refractivity contribution in [2.75, 3.05) is 7.05 Å². The van der Waals surface area contributed by atoms with E-state index in [4.69, 9.17) is 11.6 Å². The maximum absolute atomic E-state index is 5.91. The third-order valence-electron chi connectivity index (χ3n) is 3.43. The third-order valence-corrected chi connectivity index (χ3v) is 3.69. The molecular formula is C13H18ClN. The van der Waals surface area contributed by atoms with Crippen molar-refractivity contribution in [3.05, 3.63) is 34.9 Å². The highest BCUT2D eigenvalue weighted by atomic mass is 35.5. The Hall–Kier alpha value is -0.530. The Kier molecular flexibility index (Phi) is 3.66. The molecule has 2 unspecified atom stereocenters. The summed E-state index contributed by atoms with van der Waals surface area (Å²) in [4.78, 5) is 0. The SMILES string of the molecule is CNC1CCCCC1c1ccc(Cl)cc1. The molecule has 0 spiro atoms. The fraction of sp³-hybridized carbons (Fsp3) is 0.538. The van der Waals surface area contributed by atoms with Gasteiger partial charge in [0.15, 0.2) is 0 Å². The molecule has 1 aliphatic rings. The lowest BCUT2D eigenvalue weighted by molar-refractivity contribution is 0.344. The summed E-state index contributed by atoms with van der Waals surface area (Å²) in [6.45, 7) is 0. The van der Waals surface area contributed by atoms with Crippen molar-refractivity contribution in [3.8, 4) is 0 Å². The predicted octanol–water partition coefficient (Wildman–Crippen LogP) is 3.59. The summed E-state index contributed by atoms with van der Waals surface area (Å²) in [6.07, 6.45) is 5.30. The monoisotopic (exact) mass is 223 g/mol. The molecule has 1 saturated carbocycles. The van der Waals surface area contributed by atoms with Gasteiger partial charge >= 0.3 is 0 Å². The van der Waals surface area contributed by atoms with Gasteiger partial charge in [0.05, 0.1) is 0 Å². The summed E-state index contributed by atoms with van der Waals surface area (Å²) < 4.78 is 0. The van der Waals surface area contributed by atoms with Gasteiger partial charge in [-0.15, -0.1) is 0 Å². The first-order valence-electron chi connectivity index (χ1n) is 5.74. The first-order valence-corrected chi connectivity index (χ1v) is 6.12. The minimum Gasteiger partial charge on any atom is -0.316 e. The van der Waals surface area contributed by atoms with Crippen molar-refractivity contribution >= 4 is 11.6 Å². The van der Waals surface area contributed by atoms with E-state index in [1.807, 2.05) is 12.1 Å². The lowest BCUT2D eigenvalue weighted by Gasteiger charge is -2.31. The van der Waals surface area contributed by atoms with Crippen LogP contribution in [0, 0.1) is 0 Å². The van der Waals surface area contributed by atoms with E-state index in [9.17, 15) is 0 Å². The number of halogens is 1. The molecule has 2 rings (SSSR count). The molecule has 0 bridgehead atoms. The number of hydrogen-bond acceptors (Lipinski definition) is 1. The van der Waals surface area contributed by atoms with Crippen molar-refractivity contribution in [2.24, 2.45) is 0 Å². The average Bonchev–Trinajstić information content (AvgIpc) is 2.30. The Labute approximate surface area is 96.8 Å². The van der Waals surface area contributed by atoms with E-state index in [2.05, 4.69) is 24.5 Å². The van der Waals surface area contributed by atoms with Crippen molar-refractivity contribution in [1.82, 2.24) is 5.32 Å². The second kappa shape index (κ2) is 5.00. The van der Waals surface area contributed by atoms with E-state index < -0.39 is 0 Å². The molecule has 0 heterocycles. The first kappa shape index (κ1) is 11.0. The molecule has 0 saturated heterocycles. The van der Waals surface area contributed by atoms with Gasteiger partial charge in [0.1, 0.15) is 0 Å². The van der Waals surface area contributed by atoms with Crippen LogP contribution in [0.15, 0.2) is 24.3 Å². The second-order valence-electron chi connectivity index (χ2n) is 4.34. The van der Waals surface area contributed by atoms with Gasteiger partial charge in [-0.05, 0) is 43.5 Å². The highest BCUT2D eigenvalue weighted by Crippen LogP contribution is 2.33. The van der Waals surface area contributed by atoms with Crippen LogP contribution in [0.2, 0.25) is 5.02 Å². The first-order chi connectivity index (χ1) is 7.31. The minimum atomic E-state index is 0.639. The predicted molar refractivity (Wildman–Crippen MR) is 65.5 cm³/mol. The molecule has 1 aromatic carbocycles. The average molecular weight is 224 g/mol. The number of likely N-dealkylation sites (N-methyl/N-ethyl adjacent to an activating group) is 1. The summed E-state index contributed by atoms with van der Waals surface area (Å²) in [7, 11) is 2.07. The van der Waals surface area contributed by atoms with E-state index >= 15 is 0 Å². The van der Waals surface area contributed by atoms with Gasteiger partial charge in [-0.1, -0.05) is 36.6 Å². The molecule has 1 aromatic rings. The van der Waals surface area contributed by atoms with Crippen LogP contribution < -0.4 is 5.32 Å². The molecule has 1 aliphatic carbocycles. The van der Waals surface area contributed by atoms with Crippen molar-refractivity contribution in [3.63, 3.8) is 0 Å².